The molecule has 0 saturated heterocycles. The number of hydrogen-bond acceptors (Lipinski definition) is 2. The van der Waals surface area contributed by atoms with Crippen molar-refractivity contribution in [3.63, 3.8) is 0 Å². The number of carbonyl (C=O) groups excluding carboxylic acids is 1. The Hall–Kier alpha value is -1.76. The van der Waals surface area contributed by atoms with Gasteiger partial charge in [0, 0.05) is 26.2 Å². The van der Waals surface area contributed by atoms with Crippen molar-refractivity contribution in [2.75, 3.05) is 33.7 Å². The smallest absolute Gasteiger partial charge is 0.334 e. The summed E-state index contributed by atoms with van der Waals surface area (Å²) in [5.74, 6) is 0.337. The third-order valence-electron chi connectivity index (χ3n) is 3.41. The number of benzene rings is 1. The zero-order valence-corrected chi connectivity index (χ0v) is 14.7. The zero-order chi connectivity index (χ0) is 18.3. The molecule has 0 aliphatic carbocycles. The first-order valence-corrected chi connectivity index (χ1v) is 7.93. The molecule has 0 aliphatic rings. The van der Waals surface area contributed by atoms with Crippen molar-refractivity contribution < 1.29 is 18.0 Å². The van der Waals surface area contributed by atoms with E-state index >= 15 is 0 Å². The van der Waals surface area contributed by atoms with Crippen LogP contribution >= 0.6 is 0 Å². The molecule has 1 aromatic rings. The monoisotopic (exact) mass is 345 g/mol. The van der Waals surface area contributed by atoms with Crippen molar-refractivity contribution in [1.29, 1.82) is 0 Å². The van der Waals surface area contributed by atoms with Crippen LogP contribution in [0.3, 0.4) is 0 Å². The number of urea groups is 1. The number of nitrogens with one attached hydrogen (secondary N) is 1. The average Bonchev–Trinajstić information content (AvgIpc) is 2.48. The molecule has 2 amide bonds. The molecule has 0 bridgehead atoms. The van der Waals surface area contributed by atoms with Crippen LogP contribution in [0.4, 0.5) is 18.0 Å². The number of amides is 2. The fourth-order valence-corrected chi connectivity index (χ4v) is 2.14. The van der Waals surface area contributed by atoms with Gasteiger partial charge in [-0.1, -0.05) is 26.0 Å². The Balaban J connectivity index is 2.60. The fraction of sp³-hybridized carbons (Fsp3) is 0.588. The Kier molecular flexibility index (Phi) is 7.54. The number of hydrogen-bond donors (Lipinski definition) is 1. The van der Waals surface area contributed by atoms with E-state index in [-0.39, 0.29) is 12.6 Å². The van der Waals surface area contributed by atoms with Crippen molar-refractivity contribution in [2.45, 2.75) is 26.6 Å². The first kappa shape index (κ1) is 20.3. The van der Waals surface area contributed by atoms with Crippen LogP contribution in [0.5, 0.6) is 0 Å². The summed E-state index contributed by atoms with van der Waals surface area (Å²) in [6, 6.07) is 4.62. The van der Waals surface area contributed by atoms with Crippen LogP contribution in [0.1, 0.15) is 25.0 Å². The second kappa shape index (κ2) is 8.92. The van der Waals surface area contributed by atoms with Crippen LogP contribution in [0, 0.1) is 5.92 Å². The molecule has 24 heavy (non-hydrogen) atoms. The summed E-state index contributed by atoms with van der Waals surface area (Å²) in [4.78, 5) is 16.0. The Morgan fingerprint density at radius 2 is 1.71 bits per heavy atom. The highest BCUT2D eigenvalue weighted by molar-refractivity contribution is 5.74. The topological polar surface area (TPSA) is 35.6 Å². The minimum atomic E-state index is -4.35. The highest BCUT2D eigenvalue weighted by Gasteiger charge is 2.29. The van der Waals surface area contributed by atoms with Gasteiger partial charge in [-0.05, 0) is 37.7 Å². The predicted octanol–water partition coefficient (Wildman–Crippen LogP) is 3.43. The zero-order valence-electron chi connectivity index (χ0n) is 14.7. The summed E-state index contributed by atoms with van der Waals surface area (Å²) in [6.07, 6.45) is -4.35. The summed E-state index contributed by atoms with van der Waals surface area (Å²) in [6.45, 7) is 6.25. The van der Waals surface area contributed by atoms with E-state index < -0.39 is 11.7 Å². The van der Waals surface area contributed by atoms with Crippen LogP contribution in [-0.4, -0.2) is 49.6 Å². The molecule has 0 spiro atoms. The summed E-state index contributed by atoms with van der Waals surface area (Å²) in [7, 11) is 3.88. The molecule has 0 heterocycles. The van der Waals surface area contributed by atoms with E-state index in [1.807, 2.05) is 32.8 Å². The summed E-state index contributed by atoms with van der Waals surface area (Å²) in [5.41, 5.74) is -0.0570. The van der Waals surface area contributed by atoms with E-state index in [2.05, 4.69) is 5.32 Å². The number of nitrogens with zero attached hydrogens (tertiary/aromatic N) is 2. The fourth-order valence-electron chi connectivity index (χ4n) is 2.14. The molecule has 136 valence electrons. The predicted molar refractivity (Wildman–Crippen MR) is 88.6 cm³/mol. The Morgan fingerprint density at radius 3 is 2.17 bits per heavy atom. The summed E-state index contributed by atoms with van der Waals surface area (Å²) in [5, 5.41) is 2.77. The van der Waals surface area contributed by atoms with Crippen LogP contribution < -0.4 is 5.32 Å². The lowest BCUT2D eigenvalue weighted by atomic mass is 10.1. The van der Waals surface area contributed by atoms with Crippen LogP contribution in [0.25, 0.3) is 0 Å². The molecule has 4 nitrogen and oxygen atoms in total. The molecule has 0 unspecified atom stereocenters. The normalized spacial score (nSPS) is 11.9. The van der Waals surface area contributed by atoms with Gasteiger partial charge >= 0.3 is 12.2 Å². The van der Waals surface area contributed by atoms with Gasteiger partial charge in [-0.2, -0.15) is 13.2 Å². The van der Waals surface area contributed by atoms with E-state index in [0.717, 1.165) is 18.7 Å². The van der Waals surface area contributed by atoms with Crippen molar-refractivity contribution in [1.82, 2.24) is 15.1 Å². The van der Waals surface area contributed by atoms with Gasteiger partial charge in [-0.25, -0.2) is 4.79 Å². The van der Waals surface area contributed by atoms with Crippen molar-refractivity contribution in [2.24, 2.45) is 5.92 Å². The lowest BCUT2D eigenvalue weighted by Crippen LogP contribution is -2.44. The van der Waals surface area contributed by atoms with Crippen LogP contribution in [0.2, 0.25) is 0 Å². The molecule has 1 rings (SSSR count). The van der Waals surface area contributed by atoms with Gasteiger partial charge in [0.2, 0.25) is 0 Å². The minimum Gasteiger partial charge on any atom is -0.334 e. The highest BCUT2D eigenvalue weighted by atomic mass is 19.4. The van der Waals surface area contributed by atoms with Gasteiger partial charge in [-0.15, -0.1) is 0 Å². The van der Waals surface area contributed by atoms with Gasteiger partial charge in [-0.3, -0.25) is 0 Å². The SMILES string of the molecule is CC(C)CN(CCN(C)C)C(=O)NCc1ccc(C(F)(F)F)cc1. The second-order valence-corrected chi connectivity index (χ2v) is 6.50. The van der Waals surface area contributed by atoms with Gasteiger partial charge in [0.25, 0.3) is 0 Å². The second-order valence-electron chi connectivity index (χ2n) is 6.50. The Bertz CT molecular complexity index is 513. The maximum atomic E-state index is 12.5. The molecule has 0 saturated carbocycles. The van der Waals surface area contributed by atoms with Crippen molar-refractivity contribution in [3.8, 4) is 0 Å². The molecule has 0 aromatic heterocycles. The summed E-state index contributed by atoms with van der Waals surface area (Å²) >= 11 is 0. The molecule has 1 N–H and O–H groups in total. The van der Waals surface area contributed by atoms with E-state index in [1.54, 1.807) is 4.90 Å². The number of halogens is 3. The third-order valence-corrected chi connectivity index (χ3v) is 3.41. The Morgan fingerprint density at radius 1 is 1.12 bits per heavy atom. The van der Waals surface area contributed by atoms with E-state index in [1.165, 1.54) is 12.1 Å². The lowest BCUT2D eigenvalue weighted by Gasteiger charge is -2.26. The number of rotatable bonds is 7. The van der Waals surface area contributed by atoms with Gasteiger partial charge < -0.3 is 15.1 Å². The lowest BCUT2D eigenvalue weighted by molar-refractivity contribution is -0.137. The van der Waals surface area contributed by atoms with Crippen LogP contribution in [0.15, 0.2) is 24.3 Å². The van der Waals surface area contributed by atoms with E-state index in [0.29, 0.717) is 24.6 Å². The molecule has 7 heteroatoms. The largest absolute Gasteiger partial charge is 0.416 e. The number of alkyl halides is 3. The van der Waals surface area contributed by atoms with Gasteiger partial charge in [0.15, 0.2) is 0 Å². The van der Waals surface area contributed by atoms with Crippen LogP contribution in [-0.2, 0) is 12.7 Å². The van der Waals surface area contributed by atoms with Gasteiger partial charge in [0.05, 0.1) is 5.56 Å². The Labute approximate surface area is 141 Å². The molecular formula is C17H26F3N3O. The first-order chi connectivity index (χ1) is 11.1. The first-order valence-electron chi connectivity index (χ1n) is 7.93. The van der Waals surface area contributed by atoms with E-state index in [9.17, 15) is 18.0 Å². The van der Waals surface area contributed by atoms with Crippen molar-refractivity contribution in [3.05, 3.63) is 35.4 Å². The molecular weight excluding hydrogens is 319 g/mol. The maximum absolute atomic E-state index is 12.5. The van der Waals surface area contributed by atoms with E-state index in [4.69, 9.17) is 0 Å². The number of likely N-dealkylation sites (N-methyl/N-ethyl adjacent to an activating group) is 1. The molecule has 0 fully saturated rings. The quantitative estimate of drug-likeness (QED) is 0.822. The molecule has 0 atom stereocenters. The standard InChI is InChI=1S/C17H26F3N3O/c1-13(2)12-23(10-9-22(3)4)16(24)21-11-14-5-7-15(8-6-14)17(18,19)20/h5-8,13H,9-12H2,1-4H3,(H,21,24). The average molecular weight is 345 g/mol. The van der Waals surface area contributed by atoms with Gasteiger partial charge in [0.1, 0.15) is 0 Å². The number of carbonyl (C=O) groups is 1. The molecule has 0 aliphatic heterocycles. The maximum Gasteiger partial charge on any atom is 0.416 e. The van der Waals surface area contributed by atoms with Crippen molar-refractivity contribution >= 4 is 6.03 Å². The summed E-state index contributed by atoms with van der Waals surface area (Å²) < 4.78 is 37.6. The molecule has 1 aromatic carbocycles. The third kappa shape index (κ3) is 7.21. The minimum absolute atomic E-state index is 0.202. The highest BCUT2D eigenvalue weighted by Crippen LogP contribution is 2.29. The molecule has 0 radical (unpaired) electrons.